The third-order valence-electron chi connectivity index (χ3n) is 13.7. The van der Waals surface area contributed by atoms with E-state index in [1.807, 2.05) is 58.1 Å². The summed E-state index contributed by atoms with van der Waals surface area (Å²) in [7, 11) is 4.65. The average Bonchev–Trinajstić information content (AvgIpc) is 3.32. The number of hydrogen-bond donors (Lipinski definition) is 3. The molecule has 13 atom stereocenters. The molecule has 1 saturated carbocycles. The molecule has 2 saturated heterocycles. The van der Waals surface area contributed by atoms with Crippen LogP contribution in [0.2, 0.25) is 0 Å². The van der Waals surface area contributed by atoms with Crippen molar-refractivity contribution in [2.75, 3.05) is 47.7 Å². The van der Waals surface area contributed by atoms with Crippen molar-refractivity contribution in [3.8, 4) is 0 Å². The molecule has 0 aromatic heterocycles. The van der Waals surface area contributed by atoms with Gasteiger partial charge in [0, 0.05) is 52.6 Å². The summed E-state index contributed by atoms with van der Waals surface area (Å²) < 4.78 is 34.4. The number of allylic oxidation sites excluding steroid dienone is 7. The number of amides is 1. The molecule has 0 bridgehead atoms. The third-order valence-corrected chi connectivity index (χ3v) is 13.7. The number of hydrogen-bond acceptors (Lipinski definition) is 15. The van der Waals surface area contributed by atoms with E-state index in [4.69, 9.17) is 28.4 Å². The predicted molar refractivity (Wildman–Crippen MR) is 254 cm³/mol. The largest absolute Gasteiger partial charge is 0.460 e. The summed E-state index contributed by atoms with van der Waals surface area (Å²) in [6, 6.07) is -1.21. The molecule has 1 aliphatic carbocycles. The summed E-state index contributed by atoms with van der Waals surface area (Å²) >= 11 is 0. The number of aldehydes is 1. The van der Waals surface area contributed by atoms with Crippen molar-refractivity contribution in [3.63, 3.8) is 0 Å². The Morgan fingerprint density at radius 1 is 0.897 bits per heavy atom. The van der Waals surface area contributed by atoms with Crippen LogP contribution in [0.3, 0.4) is 0 Å². The molecule has 68 heavy (non-hydrogen) atoms. The SMILES string of the molecule is COCC(=O)[C@H](C)C[C@@H](C)/C=C/C=C\C=C(\C)[C@H](C[C@@H]1CC[C@@H](O)[C@](O)(C(=O)C(=O)N2CCCC[C@H]2C(=O)O[C@@H](CC(=O)[C@H](C)/C=C(\C)C=O)[C@H](C)C[C@H]2CC[C@@H](OCCO)[C@H](OC)C2)O1)OC. The highest BCUT2D eigenvalue weighted by molar-refractivity contribution is 6.39. The first-order valence-corrected chi connectivity index (χ1v) is 24.4. The summed E-state index contributed by atoms with van der Waals surface area (Å²) in [5.74, 6) is -7.19. The number of esters is 1. The van der Waals surface area contributed by atoms with Gasteiger partial charge >= 0.3 is 5.97 Å². The number of aliphatic hydroxyl groups is 3. The second-order valence-corrected chi connectivity index (χ2v) is 19.3. The van der Waals surface area contributed by atoms with E-state index in [0.717, 1.165) is 16.9 Å². The summed E-state index contributed by atoms with van der Waals surface area (Å²) in [5.41, 5.74) is 1.22. The quantitative estimate of drug-likeness (QED) is 0.0295. The Morgan fingerprint density at radius 2 is 1.63 bits per heavy atom. The zero-order valence-corrected chi connectivity index (χ0v) is 42.0. The first kappa shape index (κ1) is 58.6. The number of Topliss-reactive ketones (excluding diaryl/α,β-unsaturated/α-hetero) is 3. The van der Waals surface area contributed by atoms with Crippen LogP contribution in [-0.2, 0) is 57.2 Å². The zero-order valence-electron chi connectivity index (χ0n) is 42.0. The third kappa shape index (κ3) is 17.6. The van der Waals surface area contributed by atoms with Crippen molar-refractivity contribution in [2.24, 2.45) is 29.6 Å². The van der Waals surface area contributed by atoms with E-state index in [2.05, 4.69) is 0 Å². The minimum atomic E-state index is -2.89. The van der Waals surface area contributed by atoms with Gasteiger partial charge in [-0.1, -0.05) is 64.2 Å². The predicted octanol–water partition coefficient (Wildman–Crippen LogP) is 5.38. The van der Waals surface area contributed by atoms with Gasteiger partial charge in [0.15, 0.2) is 5.78 Å². The fourth-order valence-corrected chi connectivity index (χ4v) is 9.61. The van der Waals surface area contributed by atoms with Crippen LogP contribution in [0.15, 0.2) is 47.6 Å². The molecule has 16 nitrogen and oxygen atoms in total. The first-order chi connectivity index (χ1) is 32.3. The van der Waals surface area contributed by atoms with E-state index in [-0.39, 0.29) is 106 Å². The number of piperidine rings is 1. The summed E-state index contributed by atoms with van der Waals surface area (Å²) in [6.45, 7) is 11.2. The molecular formula is C52H81NO15. The van der Waals surface area contributed by atoms with Gasteiger partial charge in [-0.05, 0) is 107 Å². The Morgan fingerprint density at radius 3 is 2.29 bits per heavy atom. The first-order valence-electron chi connectivity index (χ1n) is 24.4. The normalized spacial score (nSPS) is 27.9. The van der Waals surface area contributed by atoms with Crippen LogP contribution in [-0.4, -0.2) is 152 Å². The van der Waals surface area contributed by atoms with Gasteiger partial charge in [-0.25, -0.2) is 4.79 Å². The Balaban J connectivity index is 1.74. The lowest BCUT2D eigenvalue weighted by molar-refractivity contribution is -0.282. The van der Waals surface area contributed by atoms with Crippen LogP contribution in [0, 0.1) is 29.6 Å². The number of carbonyl (C=O) groups is 6. The highest BCUT2D eigenvalue weighted by Crippen LogP contribution is 2.36. The number of rotatable bonds is 28. The average molecular weight is 960 g/mol. The highest BCUT2D eigenvalue weighted by Gasteiger charge is 2.54. The molecule has 3 rings (SSSR count). The molecule has 2 aliphatic heterocycles. The molecule has 1 amide bonds. The van der Waals surface area contributed by atoms with Gasteiger partial charge < -0.3 is 48.6 Å². The van der Waals surface area contributed by atoms with Crippen molar-refractivity contribution in [3.05, 3.63) is 47.6 Å². The molecule has 3 fully saturated rings. The molecule has 0 aromatic carbocycles. The second-order valence-electron chi connectivity index (χ2n) is 19.3. The molecule has 0 spiro atoms. The maximum atomic E-state index is 14.2. The van der Waals surface area contributed by atoms with Crippen LogP contribution in [0.4, 0.5) is 0 Å². The van der Waals surface area contributed by atoms with Gasteiger partial charge in [-0.15, -0.1) is 0 Å². The van der Waals surface area contributed by atoms with E-state index in [9.17, 15) is 44.1 Å². The van der Waals surface area contributed by atoms with Crippen molar-refractivity contribution < 1.29 is 72.5 Å². The highest BCUT2D eigenvalue weighted by atomic mass is 16.7. The van der Waals surface area contributed by atoms with Crippen molar-refractivity contribution in [1.82, 2.24) is 4.90 Å². The van der Waals surface area contributed by atoms with Gasteiger partial charge in [0.1, 0.15) is 36.9 Å². The van der Waals surface area contributed by atoms with Gasteiger partial charge in [-0.2, -0.15) is 0 Å². The van der Waals surface area contributed by atoms with Gasteiger partial charge in [0.2, 0.25) is 0 Å². The van der Waals surface area contributed by atoms with E-state index in [1.165, 1.54) is 14.2 Å². The molecule has 16 heteroatoms. The van der Waals surface area contributed by atoms with E-state index in [1.54, 1.807) is 27.0 Å². The van der Waals surface area contributed by atoms with Crippen molar-refractivity contribution in [1.29, 1.82) is 0 Å². The number of nitrogens with zero attached hydrogens (tertiary/aromatic N) is 1. The monoisotopic (exact) mass is 960 g/mol. The minimum absolute atomic E-state index is 0.0104. The standard InChI is InChI=1S/C52H81NO15/c1-33(25-37(5)43(57)32-63-7)15-11-10-12-16-35(3)45(64-8)29-40-19-21-48(58)52(62,68-40)49(59)50(60)53-22-14-13-17-41(53)51(61)67-46(30-42(56)36(4)26-34(2)31-55)38(6)27-39-18-20-44(66-24-23-54)47(28-39)65-9/h10-12,15-16,26,31,33,36-41,44-48,54,58,62H,13-14,17-25,27-30,32H2,1-9H3/b12-10-,15-11+,34-26+,35-16-/t33-,36+,37+,38+,39+,40-,41-,44+,45-,46-,47+,48+,52+/m0/s1. The molecular weight excluding hydrogens is 879 g/mol. The van der Waals surface area contributed by atoms with Gasteiger partial charge in [-0.3, -0.25) is 24.0 Å². The Hall–Kier alpha value is -3.74. The maximum absolute atomic E-state index is 14.2. The summed E-state index contributed by atoms with van der Waals surface area (Å²) in [5, 5.41) is 32.0. The topological polar surface area (TPSA) is 222 Å². The lowest BCUT2D eigenvalue weighted by atomic mass is 9.78. The van der Waals surface area contributed by atoms with Crippen LogP contribution >= 0.6 is 0 Å². The molecule has 0 aromatic rings. The van der Waals surface area contributed by atoms with Crippen LogP contribution in [0.25, 0.3) is 0 Å². The number of likely N-dealkylation sites (tertiary alicyclic amines) is 1. The zero-order chi connectivity index (χ0) is 50.6. The minimum Gasteiger partial charge on any atom is -0.460 e. The lowest BCUT2D eigenvalue weighted by Gasteiger charge is -2.42. The lowest BCUT2D eigenvalue weighted by Crippen LogP contribution is -2.63. The van der Waals surface area contributed by atoms with E-state index >= 15 is 0 Å². The fourth-order valence-electron chi connectivity index (χ4n) is 9.61. The number of carbonyl (C=O) groups excluding carboxylic acids is 6. The maximum Gasteiger partial charge on any atom is 0.329 e. The van der Waals surface area contributed by atoms with Crippen LogP contribution in [0.5, 0.6) is 0 Å². The van der Waals surface area contributed by atoms with Gasteiger partial charge in [0.05, 0.1) is 37.6 Å². The Bertz CT molecular complexity index is 1780. The summed E-state index contributed by atoms with van der Waals surface area (Å²) in [6.07, 6.45) is 12.4. The Labute approximate surface area is 403 Å². The number of methoxy groups -OCH3 is 3. The van der Waals surface area contributed by atoms with Gasteiger partial charge in [0.25, 0.3) is 17.5 Å². The number of ether oxygens (including phenoxy) is 6. The molecule has 0 unspecified atom stereocenters. The number of ketones is 3. The molecule has 3 N–H and O–H groups in total. The second kappa shape index (κ2) is 29.4. The molecule has 2 heterocycles. The van der Waals surface area contributed by atoms with Crippen LogP contribution < -0.4 is 0 Å². The smallest absolute Gasteiger partial charge is 0.329 e. The summed E-state index contributed by atoms with van der Waals surface area (Å²) in [4.78, 5) is 80.5. The number of aliphatic hydroxyl groups excluding tert-OH is 2. The molecule has 384 valence electrons. The fraction of sp³-hybridized carbons (Fsp3) is 0.731. The van der Waals surface area contributed by atoms with E-state index < -0.39 is 59.8 Å². The Kier molecular flexibility index (Phi) is 25.4. The van der Waals surface area contributed by atoms with Crippen molar-refractivity contribution in [2.45, 2.75) is 167 Å². The van der Waals surface area contributed by atoms with E-state index in [0.29, 0.717) is 50.4 Å². The van der Waals surface area contributed by atoms with Crippen molar-refractivity contribution >= 4 is 35.5 Å². The molecule has 0 radical (unpaired) electrons. The molecule has 3 aliphatic rings. The van der Waals surface area contributed by atoms with Crippen LogP contribution in [0.1, 0.15) is 119 Å².